The fourth-order valence-electron chi connectivity index (χ4n) is 3.94. The van der Waals surface area contributed by atoms with Crippen molar-refractivity contribution >= 4 is 16.3 Å². The second-order valence-electron chi connectivity index (χ2n) is 7.36. The molecule has 2 heterocycles. The van der Waals surface area contributed by atoms with Gasteiger partial charge in [0.15, 0.2) is 0 Å². The van der Waals surface area contributed by atoms with Gasteiger partial charge in [0, 0.05) is 24.8 Å². The fraction of sp³-hybridized carbons (Fsp3) is 0.120. The molecule has 0 spiro atoms. The number of nitrogens with zero attached hydrogens (tertiary/aromatic N) is 3. The Labute approximate surface area is 165 Å². The second-order valence-corrected chi connectivity index (χ2v) is 7.36. The summed E-state index contributed by atoms with van der Waals surface area (Å²) in [5.41, 5.74) is 7.21. The van der Waals surface area contributed by atoms with Gasteiger partial charge in [-0.05, 0) is 64.3 Å². The number of aromatic nitrogens is 2. The summed E-state index contributed by atoms with van der Waals surface area (Å²) in [6, 6.07) is 25.9. The number of benzene rings is 3. The van der Waals surface area contributed by atoms with Crippen molar-refractivity contribution in [2.45, 2.75) is 6.54 Å². The molecule has 3 nitrogen and oxygen atoms in total. The number of hydrogen-bond acceptors (Lipinski definition) is 3. The molecule has 3 heteroatoms. The van der Waals surface area contributed by atoms with Crippen LogP contribution in [-0.4, -0.2) is 28.7 Å². The predicted octanol–water partition coefficient (Wildman–Crippen LogP) is 5.17. The highest BCUT2D eigenvalue weighted by Gasteiger charge is 2.17. The molecule has 0 aliphatic carbocycles. The summed E-state index contributed by atoms with van der Waals surface area (Å²) in [5.74, 6) is 0. The fourth-order valence-corrected chi connectivity index (χ4v) is 3.94. The first-order valence-electron chi connectivity index (χ1n) is 9.57. The zero-order valence-corrected chi connectivity index (χ0v) is 15.8. The average Bonchev–Trinajstić information content (AvgIpc) is 2.91. The molecule has 136 valence electrons. The maximum absolute atomic E-state index is 4.27. The molecule has 0 atom stereocenters. The van der Waals surface area contributed by atoms with Crippen LogP contribution in [0, 0.1) is 0 Å². The lowest BCUT2D eigenvalue weighted by atomic mass is 9.91. The normalized spacial score (nSPS) is 14.4. The van der Waals surface area contributed by atoms with Crippen LogP contribution in [-0.2, 0) is 6.54 Å². The van der Waals surface area contributed by atoms with Crippen molar-refractivity contribution in [2.75, 3.05) is 13.6 Å². The van der Waals surface area contributed by atoms with Crippen molar-refractivity contribution in [1.82, 2.24) is 15.1 Å². The molecule has 0 unspecified atom stereocenters. The van der Waals surface area contributed by atoms with Crippen molar-refractivity contribution < 1.29 is 0 Å². The Morgan fingerprint density at radius 1 is 0.821 bits per heavy atom. The highest BCUT2D eigenvalue weighted by Crippen LogP contribution is 2.33. The van der Waals surface area contributed by atoms with Gasteiger partial charge >= 0.3 is 0 Å². The Hall–Kier alpha value is -3.30. The van der Waals surface area contributed by atoms with Gasteiger partial charge in [-0.1, -0.05) is 54.6 Å². The highest BCUT2D eigenvalue weighted by molar-refractivity contribution is 5.90. The monoisotopic (exact) mass is 363 g/mol. The SMILES string of the molecule is CN1CC=C(c2ccc3ccccc3c2)c2ccc(-c3cccnn3)cc2C1. The van der Waals surface area contributed by atoms with E-state index in [0.717, 1.165) is 24.3 Å². The lowest BCUT2D eigenvalue weighted by Crippen LogP contribution is -2.16. The molecule has 1 aliphatic heterocycles. The predicted molar refractivity (Wildman–Crippen MR) is 115 cm³/mol. The molecule has 0 N–H and O–H groups in total. The van der Waals surface area contributed by atoms with Gasteiger partial charge in [0.05, 0.1) is 5.69 Å². The molecule has 0 fully saturated rings. The molecule has 3 aromatic carbocycles. The maximum atomic E-state index is 4.27. The zero-order chi connectivity index (χ0) is 18.9. The molecule has 0 bridgehead atoms. The molecular formula is C25H21N3. The summed E-state index contributed by atoms with van der Waals surface area (Å²) < 4.78 is 0. The highest BCUT2D eigenvalue weighted by atomic mass is 15.1. The maximum Gasteiger partial charge on any atom is 0.0929 e. The summed E-state index contributed by atoms with van der Waals surface area (Å²) in [4.78, 5) is 2.34. The molecule has 0 radical (unpaired) electrons. The summed E-state index contributed by atoms with van der Waals surface area (Å²) in [5, 5.41) is 10.8. The number of hydrogen-bond donors (Lipinski definition) is 0. The van der Waals surface area contributed by atoms with Gasteiger partial charge in [0.2, 0.25) is 0 Å². The standard InChI is InChI=1S/C25H21N3/c1-28-14-12-24(20-9-8-18-5-2-3-6-19(18)15-20)23-11-10-21(16-22(23)17-28)25-7-4-13-26-27-25/h2-13,15-16H,14,17H2,1H3. The molecule has 1 aromatic heterocycles. The summed E-state index contributed by atoms with van der Waals surface area (Å²) in [6.45, 7) is 1.84. The van der Waals surface area contributed by atoms with E-state index in [-0.39, 0.29) is 0 Å². The van der Waals surface area contributed by atoms with Crippen LogP contribution in [0.4, 0.5) is 0 Å². The Balaban J connectivity index is 1.63. The van der Waals surface area contributed by atoms with Crippen molar-refractivity contribution in [3.8, 4) is 11.3 Å². The van der Waals surface area contributed by atoms with Crippen LogP contribution in [0.5, 0.6) is 0 Å². The molecule has 4 aromatic rings. The van der Waals surface area contributed by atoms with Crippen LogP contribution in [0.15, 0.2) is 85.1 Å². The van der Waals surface area contributed by atoms with E-state index in [1.165, 1.54) is 33.0 Å². The van der Waals surface area contributed by atoms with Crippen molar-refractivity contribution in [1.29, 1.82) is 0 Å². The van der Waals surface area contributed by atoms with Crippen molar-refractivity contribution in [3.63, 3.8) is 0 Å². The van der Waals surface area contributed by atoms with Crippen molar-refractivity contribution in [3.05, 3.63) is 102 Å². The minimum absolute atomic E-state index is 0.911. The lowest BCUT2D eigenvalue weighted by molar-refractivity contribution is 0.366. The van der Waals surface area contributed by atoms with Gasteiger partial charge in [0.25, 0.3) is 0 Å². The largest absolute Gasteiger partial charge is 0.298 e. The Morgan fingerprint density at radius 3 is 2.54 bits per heavy atom. The average molecular weight is 363 g/mol. The Bertz CT molecular complexity index is 1180. The second kappa shape index (κ2) is 7.02. The van der Waals surface area contributed by atoms with E-state index in [9.17, 15) is 0 Å². The molecule has 5 rings (SSSR count). The van der Waals surface area contributed by atoms with E-state index in [1.807, 2.05) is 12.1 Å². The quantitative estimate of drug-likeness (QED) is 0.492. The summed E-state index contributed by atoms with van der Waals surface area (Å²) >= 11 is 0. The molecule has 28 heavy (non-hydrogen) atoms. The number of likely N-dealkylation sites (N-methyl/N-ethyl adjacent to an activating group) is 1. The van der Waals surface area contributed by atoms with E-state index in [4.69, 9.17) is 0 Å². The first-order chi connectivity index (χ1) is 13.8. The topological polar surface area (TPSA) is 29.0 Å². The van der Waals surface area contributed by atoms with Crippen LogP contribution >= 0.6 is 0 Å². The first kappa shape index (κ1) is 16.8. The van der Waals surface area contributed by atoms with Crippen LogP contribution in [0.2, 0.25) is 0 Å². The van der Waals surface area contributed by atoms with E-state index in [1.54, 1.807) is 6.20 Å². The van der Waals surface area contributed by atoms with Gasteiger partial charge < -0.3 is 0 Å². The van der Waals surface area contributed by atoms with E-state index in [0.29, 0.717) is 0 Å². The van der Waals surface area contributed by atoms with E-state index in [2.05, 4.69) is 88.9 Å². The van der Waals surface area contributed by atoms with Crippen LogP contribution in [0.1, 0.15) is 16.7 Å². The minimum atomic E-state index is 0.911. The molecular weight excluding hydrogens is 342 g/mol. The molecule has 0 saturated carbocycles. The van der Waals surface area contributed by atoms with Crippen LogP contribution in [0.3, 0.4) is 0 Å². The third-order valence-corrected chi connectivity index (χ3v) is 5.37. The third-order valence-electron chi connectivity index (χ3n) is 5.37. The van der Waals surface area contributed by atoms with Gasteiger partial charge in [-0.15, -0.1) is 0 Å². The Kier molecular flexibility index (Phi) is 4.22. The Morgan fingerprint density at radius 2 is 1.68 bits per heavy atom. The van der Waals surface area contributed by atoms with Gasteiger partial charge in [0.1, 0.15) is 0 Å². The molecule has 1 aliphatic rings. The van der Waals surface area contributed by atoms with E-state index >= 15 is 0 Å². The van der Waals surface area contributed by atoms with Gasteiger partial charge in [-0.25, -0.2) is 0 Å². The summed E-state index contributed by atoms with van der Waals surface area (Å²) in [7, 11) is 2.17. The van der Waals surface area contributed by atoms with Gasteiger partial charge in [-0.2, -0.15) is 10.2 Å². The molecule has 0 amide bonds. The van der Waals surface area contributed by atoms with Gasteiger partial charge in [-0.3, -0.25) is 4.90 Å². The van der Waals surface area contributed by atoms with Crippen molar-refractivity contribution in [2.24, 2.45) is 0 Å². The zero-order valence-electron chi connectivity index (χ0n) is 15.8. The number of rotatable bonds is 2. The van der Waals surface area contributed by atoms with Crippen LogP contribution in [0.25, 0.3) is 27.6 Å². The first-order valence-corrected chi connectivity index (χ1v) is 9.57. The number of fused-ring (bicyclic) bond motifs is 2. The summed E-state index contributed by atoms with van der Waals surface area (Å²) in [6.07, 6.45) is 4.05. The third kappa shape index (κ3) is 3.10. The molecule has 0 saturated heterocycles. The van der Waals surface area contributed by atoms with E-state index < -0.39 is 0 Å². The smallest absolute Gasteiger partial charge is 0.0929 e. The van der Waals surface area contributed by atoms with Crippen LogP contribution < -0.4 is 0 Å². The lowest BCUT2D eigenvalue weighted by Gasteiger charge is -2.15. The minimum Gasteiger partial charge on any atom is -0.298 e.